The van der Waals surface area contributed by atoms with Crippen molar-refractivity contribution in [1.29, 1.82) is 0 Å². The average molecular weight is 379 g/mol. The predicted octanol–water partition coefficient (Wildman–Crippen LogP) is 4.36. The zero-order valence-corrected chi connectivity index (χ0v) is 16.3. The van der Waals surface area contributed by atoms with Crippen molar-refractivity contribution in [2.45, 2.75) is 32.4 Å². The van der Waals surface area contributed by atoms with Gasteiger partial charge >= 0.3 is 6.09 Å². The van der Waals surface area contributed by atoms with E-state index in [1.165, 1.54) is 6.21 Å². The van der Waals surface area contributed by atoms with Gasteiger partial charge in [0.1, 0.15) is 5.60 Å². The number of ether oxygens (including phenoxy) is 1. The second-order valence-electron chi connectivity index (χ2n) is 7.59. The Bertz CT molecular complexity index is 971. The van der Waals surface area contributed by atoms with E-state index in [1.807, 2.05) is 60.8 Å². The molecule has 0 aliphatic rings. The maximum absolute atomic E-state index is 13.0. The molecule has 1 aromatic heterocycles. The molecule has 1 heterocycles. The highest BCUT2D eigenvalue weighted by Crippen LogP contribution is 2.26. The Morgan fingerprint density at radius 3 is 2.57 bits per heavy atom. The molecule has 0 bridgehead atoms. The van der Waals surface area contributed by atoms with E-state index in [4.69, 9.17) is 4.74 Å². The molecule has 0 aliphatic heterocycles. The van der Waals surface area contributed by atoms with Gasteiger partial charge in [-0.1, -0.05) is 36.4 Å². The van der Waals surface area contributed by atoms with Crippen LogP contribution >= 0.6 is 0 Å². The summed E-state index contributed by atoms with van der Waals surface area (Å²) in [6.45, 7) is 5.51. The lowest BCUT2D eigenvalue weighted by molar-refractivity contribution is -0.500. The van der Waals surface area contributed by atoms with Crippen molar-refractivity contribution in [2.24, 2.45) is 0 Å². The SMILES string of the molecule is CC(C)(C)OC(=O)NCC(c1c[nH]c2ccccc12)/[N+]([O-])=C\c1ccccc1. The quantitative estimate of drug-likeness (QED) is 0.299. The number of carbonyl (C=O) groups is 1. The van der Waals surface area contributed by atoms with Gasteiger partial charge in [0.15, 0.2) is 6.21 Å². The largest absolute Gasteiger partial charge is 0.623 e. The number of para-hydroxylation sites is 1. The van der Waals surface area contributed by atoms with Crippen molar-refractivity contribution < 1.29 is 14.3 Å². The number of rotatable bonds is 5. The van der Waals surface area contributed by atoms with E-state index in [9.17, 15) is 10.0 Å². The summed E-state index contributed by atoms with van der Waals surface area (Å²) in [4.78, 5) is 15.3. The van der Waals surface area contributed by atoms with Crippen molar-refractivity contribution in [2.75, 3.05) is 6.54 Å². The third kappa shape index (κ3) is 4.91. The van der Waals surface area contributed by atoms with Crippen LogP contribution in [0.2, 0.25) is 0 Å². The number of nitrogens with zero attached hydrogens (tertiary/aromatic N) is 1. The minimum absolute atomic E-state index is 0.115. The van der Waals surface area contributed by atoms with Gasteiger partial charge in [-0.3, -0.25) is 0 Å². The van der Waals surface area contributed by atoms with Gasteiger partial charge in [0.25, 0.3) is 0 Å². The summed E-state index contributed by atoms with van der Waals surface area (Å²) < 4.78 is 6.18. The molecular formula is C22H25N3O3. The Balaban J connectivity index is 1.90. The van der Waals surface area contributed by atoms with Gasteiger partial charge in [-0.25, -0.2) is 9.53 Å². The number of H-pyrrole nitrogens is 1. The van der Waals surface area contributed by atoms with Gasteiger partial charge in [-0.2, -0.15) is 0 Å². The number of alkyl carbamates (subject to hydrolysis) is 1. The summed E-state index contributed by atoms with van der Waals surface area (Å²) in [5.74, 6) is 0. The Hall–Kier alpha value is -3.28. The zero-order chi connectivity index (χ0) is 20.1. The number of fused-ring (bicyclic) bond motifs is 1. The molecule has 3 aromatic rings. The number of hydroxylamine groups is 1. The van der Waals surface area contributed by atoms with E-state index in [0.29, 0.717) is 0 Å². The molecule has 6 heteroatoms. The fourth-order valence-electron chi connectivity index (χ4n) is 2.98. The smallest absolute Gasteiger partial charge is 0.407 e. The van der Waals surface area contributed by atoms with Crippen molar-refractivity contribution in [1.82, 2.24) is 10.3 Å². The van der Waals surface area contributed by atoms with Crippen LogP contribution in [-0.4, -0.2) is 34.2 Å². The van der Waals surface area contributed by atoms with Crippen LogP contribution < -0.4 is 5.32 Å². The number of hydrogen-bond acceptors (Lipinski definition) is 3. The minimum Gasteiger partial charge on any atom is -0.623 e. The maximum Gasteiger partial charge on any atom is 0.407 e. The molecule has 0 saturated heterocycles. The Morgan fingerprint density at radius 2 is 1.86 bits per heavy atom. The maximum atomic E-state index is 13.0. The number of benzene rings is 2. The normalized spacial score (nSPS) is 13.3. The van der Waals surface area contributed by atoms with Crippen LogP contribution in [0, 0.1) is 5.21 Å². The summed E-state index contributed by atoms with van der Waals surface area (Å²) >= 11 is 0. The van der Waals surface area contributed by atoms with Crippen LogP contribution in [0.1, 0.15) is 37.9 Å². The first-order valence-corrected chi connectivity index (χ1v) is 9.22. The van der Waals surface area contributed by atoms with Crippen molar-refractivity contribution >= 4 is 23.2 Å². The molecule has 2 aromatic carbocycles. The average Bonchev–Trinajstić information content (AvgIpc) is 3.05. The third-order valence-corrected chi connectivity index (χ3v) is 4.20. The molecule has 0 spiro atoms. The summed E-state index contributed by atoms with van der Waals surface area (Å²) in [6, 6.07) is 16.5. The van der Waals surface area contributed by atoms with Gasteiger partial charge in [-0.05, 0) is 39.0 Å². The van der Waals surface area contributed by atoms with E-state index >= 15 is 0 Å². The second-order valence-corrected chi connectivity index (χ2v) is 7.59. The van der Waals surface area contributed by atoms with E-state index in [0.717, 1.165) is 26.8 Å². The van der Waals surface area contributed by atoms with Gasteiger partial charge < -0.3 is 20.2 Å². The van der Waals surface area contributed by atoms with Crippen LogP contribution in [0.3, 0.4) is 0 Å². The van der Waals surface area contributed by atoms with Crippen molar-refractivity contribution in [3.8, 4) is 0 Å². The number of carbonyl (C=O) groups excluding carboxylic acids is 1. The van der Waals surface area contributed by atoms with Crippen molar-refractivity contribution in [3.63, 3.8) is 0 Å². The number of hydrogen-bond donors (Lipinski definition) is 2. The minimum atomic E-state index is -0.608. The molecule has 28 heavy (non-hydrogen) atoms. The van der Waals surface area contributed by atoms with Gasteiger partial charge in [0, 0.05) is 28.2 Å². The first-order valence-electron chi connectivity index (χ1n) is 9.22. The molecule has 0 fully saturated rings. The van der Waals surface area contributed by atoms with Crippen molar-refractivity contribution in [3.05, 3.63) is 77.1 Å². The molecule has 0 aliphatic carbocycles. The van der Waals surface area contributed by atoms with E-state index in [-0.39, 0.29) is 6.54 Å². The zero-order valence-electron chi connectivity index (χ0n) is 16.3. The summed E-state index contributed by atoms with van der Waals surface area (Å²) in [6.07, 6.45) is 2.80. The number of amides is 1. The van der Waals surface area contributed by atoms with E-state index < -0.39 is 17.7 Å². The topological polar surface area (TPSA) is 80.2 Å². The lowest BCUT2D eigenvalue weighted by Crippen LogP contribution is -2.36. The predicted molar refractivity (Wildman–Crippen MR) is 111 cm³/mol. The summed E-state index contributed by atoms with van der Waals surface area (Å²) in [5, 5.41) is 16.7. The Labute approximate surface area is 164 Å². The van der Waals surface area contributed by atoms with E-state index in [1.54, 1.807) is 20.8 Å². The number of nitrogens with one attached hydrogen (secondary N) is 2. The van der Waals surface area contributed by atoms with Crippen LogP contribution in [-0.2, 0) is 4.74 Å². The van der Waals surface area contributed by atoms with Gasteiger partial charge in [-0.15, -0.1) is 0 Å². The molecule has 2 N–H and O–H groups in total. The monoisotopic (exact) mass is 379 g/mol. The third-order valence-electron chi connectivity index (χ3n) is 4.20. The number of aromatic nitrogens is 1. The summed E-state index contributed by atoms with van der Waals surface area (Å²) in [5.41, 5.74) is 1.94. The number of aromatic amines is 1. The lowest BCUT2D eigenvalue weighted by atomic mass is 10.1. The molecule has 1 amide bonds. The van der Waals surface area contributed by atoms with Crippen LogP contribution in [0.15, 0.2) is 60.8 Å². The highest BCUT2D eigenvalue weighted by Gasteiger charge is 2.25. The fraction of sp³-hybridized carbons (Fsp3) is 0.273. The molecular weight excluding hydrogens is 354 g/mol. The highest BCUT2D eigenvalue weighted by molar-refractivity contribution is 5.84. The van der Waals surface area contributed by atoms with E-state index in [2.05, 4.69) is 10.3 Å². The first-order chi connectivity index (χ1) is 13.3. The lowest BCUT2D eigenvalue weighted by Gasteiger charge is -2.21. The van der Waals surface area contributed by atoms with Crippen LogP contribution in [0.25, 0.3) is 10.9 Å². The molecule has 0 saturated carbocycles. The molecule has 1 unspecified atom stereocenters. The van der Waals surface area contributed by atoms with Gasteiger partial charge in [0.2, 0.25) is 6.04 Å². The standard InChI is InChI=1S/C22H25N3O3/c1-22(2,3)28-21(26)24-14-20(25(27)15-16-9-5-4-6-10-16)18-13-23-19-12-8-7-11-17(18)19/h4-13,15,20,23H,14H2,1-3H3,(H,24,26)/b25-15+. The molecule has 146 valence electrons. The Kier molecular flexibility index (Phi) is 5.68. The fourth-order valence-corrected chi connectivity index (χ4v) is 2.98. The Morgan fingerprint density at radius 1 is 1.18 bits per heavy atom. The van der Waals surface area contributed by atoms with Gasteiger partial charge in [0.05, 0.1) is 6.54 Å². The second kappa shape index (κ2) is 8.17. The first kappa shape index (κ1) is 19.5. The summed E-state index contributed by atoms with van der Waals surface area (Å²) in [7, 11) is 0. The molecule has 0 radical (unpaired) electrons. The molecule has 6 nitrogen and oxygen atoms in total. The molecule has 3 rings (SSSR count). The highest BCUT2D eigenvalue weighted by atomic mass is 16.6. The molecule has 1 atom stereocenters. The van der Waals surface area contributed by atoms with Crippen LogP contribution in [0.5, 0.6) is 0 Å². The van der Waals surface area contributed by atoms with Crippen LogP contribution in [0.4, 0.5) is 4.79 Å².